The number of hydrogen-bond acceptors (Lipinski definition) is 4. The monoisotopic (exact) mass is 418 g/mol. The molecular weight excluding hydrogens is 392 g/mol. The van der Waals surface area contributed by atoms with Crippen molar-refractivity contribution in [3.8, 4) is 5.75 Å². The number of amides is 2. The van der Waals surface area contributed by atoms with Crippen molar-refractivity contribution in [1.29, 1.82) is 0 Å². The zero-order valence-corrected chi connectivity index (χ0v) is 17.7. The van der Waals surface area contributed by atoms with E-state index in [1.54, 1.807) is 11.1 Å². The van der Waals surface area contributed by atoms with Gasteiger partial charge in [0, 0.05) is 38.1 Å². The molecule has 0 unspecified atom stereocenters. The highest BCUT2D eigenvalue weighted by molar-refractivity contribution is 6.00. The number of rotatable bonds is 7. The number of carbonyl (C=O) groups excluding carboxylic acids is 2. The van der Waals surface area contributed by atoms with E-state index in [1.807, 2.05) is 79.3 Å². The van der Waals surface area contributed by atoms with Gasteiger partial charge in [0.05, 0.1) is 12.5 Å². The number of nitrogens with one attached hydrogen (secondary N) is 1. The minimum atomic E-state index is -0.425. The molecular formula is C24H26N4O3. The van der Waals surface area contributed by atoms with E-state index in [-0.39, 0.29) is 24.3 Å². The fourth-order valence-electron chi connectivity index (χ4n) is 3.88. The number of carbonyl (C=O) groups is 2. The quantitative estimate of drug-likeness (QED) is 0.640. The number of hydrogen-bond donors (Lipinski definition) is 1. The molecule has 0 spiro atoms. The molecule has 0 aliphatic carbocycles. The standard InChI is InChI=1S/C24H26N4O3/c1-3-31-20-11-9-19(10-12-20)28-16-18(15-21(28)29)24(30)26-22(17-7-5-4-6-8-17)23-25-13-14-27(23)2/h4-14,18,22H,3,15-16H2,1-2H3,(H,26,30)/t18-,22-/m0/s1. The second-order valence-corrected chi connectivity index (χ2v) is 7.58. The van der Waals surface area contributed by atoms with Crippen molar-refractivity contribution in [2.75, 3.05) is 18.1 Å². The zero-order chi connectivity index (χ0) is 21.8. The van der Waals surface area contributed by atoms with E-state index >= 15 is 0 Å². The Morgan fingerprint density at radius 2 is 1.94 bits per heavy atom. The van der Waals surface area contributed by atoms with Crippen LogP contribution in [-0.2, 0) is 16.6 Å². The summed E-state index contributed by atoms with van der Waals surface area (Å²) >= 11 is 0. The van der Waals surface area contributed by atoms with Gasteiger partial charge in [0.25, 0.3) is 0 Å². The molecule has 2 amide bonds. The fraction of sp³-hybridized carbons (Fsp3) is 0.292. The summed E-state index contributed by atoms with van der Waals surface area (Å²) in [5, 5.41) is 3.12. The van der Waals surface area contributed by atoms with E-state index < -0.39 is 5.92 Å². The van der Waals surface area contributed by atoms with Crippen molar-refractivity contribution in [1.82, 2.24) is 14.9 Å². The molecule has 1 aromatic heterocycles. The molecule has 2 heterocycles. The summed E-state index contributed by atoms with van der Waals surface area (Å²) in [4.78, 5) is 31.9. The lowest BCUT2D eigenvalue weighted by atomic mass is 10.0. The Labute approximate surface area is 181 Å². The van der Waals surface area contributed by atoms with Gasteiger partial charge < -0.3 is 19.5 Å². The molecule has 1 N–H and O–H groups in total. The number of benzene rings is 2. The van der Waals surface area contributed by atoms with Gasteiger partial charge in [-0.1, -0.05) is 30.3 Å². The molecule has 7 nitrogen and oxygen atoms in total. The summed E-state index contributed by atoms with van der Waals surface area (Å²) in [5.74, 6) is 0.863. The van der Waals surface area contributed by atoms with E-state index in [4.69, 9.17) is 4.74 Å². The van der Waals surface area contributed by atoms with Crippen LogP contribution in [0.5, 0.6) is 5.75 Å². The molecule has 1 aliphatic rings. The van der Waals surface area contributed by atoms with E-state index in [0.29, 0.717) is 13.2 Å². The highest BCUT2D eigenvalue weighted by Crippen LogP contribution is 2.28. The lowest BCUT2D eigenvalue weighted by Gasteiger charge is -2.21. The van der Waals surface area contributed by atoms with Gasteiger partial charge in [-0.15, -0.1) is 0 Å². The first-order valence-electron chi connectivity index (χ1n) is 10.4. The van der Waals surface area contributed by atoms with Crippen LogP contribution in [-0.4, -0.2) is 34.5 Å². The van der Waals surface area contributed by atoms with E-state index in [9.17, 15) is 9.59 Å². The fourth-order valence-corrected chi connectivity index (χ4v) is 3.88. The van der Waals surface area contributed by atoms with Crippen molar-refractivity contribution >= 4 is 17.5 Å². The molecule has 1 fully saturated rings. The molecule has 7 heteroatoms. The summed E-state index contributed by atoms with van der Waals surface area (Å²) in [6.07, 6.45) is 3.75. The first-order chi connectivity index (χ1) is 15.1. The highest BCUT2D eigenvalue weighted by atomic mass is 16.5. The molecule has 2 aromatic carbocycles. The Morgan fingerprint density at radius 1 is 1.19 bits per heavy atom. The number of aryl methyl sites for hydroxylation is 1. The Morgan fingerprint density at radius 3 is 2.58 bits per heavy atom. The van der Waals surface area contributed by atoms with E-state index in [0.717, 1.165) is 22.8 Å². The van der Waals surface area contributed by atoms with Gasteiger partial charge >= 0.3 is 0 Å². The van der Waals surface area contributed by atoms with Crippen LogP contribution in [0, 0.1) is 5.92 Å². The maximum absolute atomic E-state index is 13.2. The molecule has 160 valence electrons. The van der Waals surface area contributed by atoms with Gasteiger partial charge in [-0.3, -0.25) is 9.59 Å². The first-order valence-corrected chi connectivity index (χ1v) is 10.4. The number of ether oxygens (including phenoxy) is 1. The van der Waals surface area contributed by atoms with Gasteiger partial charge in [0.2, 0.25) is 11.8 Å². The number of imidazole rings is 1. The molecule has 31 heavy (non-hydrogen) atoms. The van der Waals surface area contributed by atoms with Crippen LogP contribution in [0.3, 0.4) is 0 Å². The van der Waals surface area contributed by atoms with Crippen LogP contribution < -0.4 is 15.0 Å². The summed E-state index contributed by atoms with van der Waals surface area (Å²) in [6, 6.07) is 16.7. The Balaban J connectivity index is 1.50. The molecule has 4 rings (SSSR count). The Bertz CT molecular complexity index is 1050. The summed E-state index contributed by atoms with van der Waals surface area (Å²) in [5.41, 5.74) is 1.71. The Kier molecular flexibility index (Phi) is 6.02. The molecule has 0 saturated carbocycles. The van der Waals surface area contributed by atoms with Crippen LogP contribution in [0.25, 0.3) is 0 Å². The van der Waals surface area contributed by atoms with Crippen LogP contribution in [0.15, 0.2) is 67.0 Å². The maximum Gasteiger partial charge on any atom is 0.227 e. The molecule has 0 bridgehead atoms. The summed E-state index contributed by atoms with van der Waals surface area (Å²) < 4.78 is 7.36. The average molecular weight is 418 g/mol. The Hall–Kier alpha value is -3.61. The third kappa shape index (κ3) is 4.45. The summed E-state index contributed by atoms with van der Waals surface area (Å²) in [7, 11) is 1.90. The predicted molar refractivity (Wildman–Crippen MR) is 118 cm³/mol. The number of aromatic nitrogens is 2. The molecule has 3 aromatic rings. The van der Waals surface area contributed by atoms with Crippen LogP contribution in [0.4, 0.5) is 5.69 Å². The minimum absolute atomic E-state index is 0.0578. The van der Waals surface area contributed by atoms with Crippen molar-refractivity contribution in [3.63, 3.8) is 0 Å². The third-order valence-electron chi connectivity index (χ3n) is 5.49. The van der Waals surface area contributed by atoms with Crippen molar-refractivity contribution in [2.45, 2.75) is 19.4 Å². The second kappa shape index (κ2) is 9.04. The first kappa shape index (κ1) is 20.7. The van der Waals surface area contributed by atoms with Gasteiger partial charge in [-0.25, -0.2) is 4.98 Å². The molecule has 1 aliphatic heterocycles. The second-order valence-electron chi connectivity index (χ2n) is 7.58. The molecule has 0 radical (unpaired) electrons. The zero-order valence-electron chi connectivity index (χ0n) is 17.7. The van der Waals surface area contributed by atoms with E-state index in [1.165, 1.54) is 0 Å². The van der Waals surface area contributed by atoms with Crippen LogP contribution in [0.1, 0.15) is 30.8 Å². The minimum Gasteiger partial charge on any atom is -0.494 e. The van der Waals surface area contributed by atoms with Gasteiger partial charge in [-0.2, -0.15) is 0 Å². The highest BCUT2D eigenvalue weighted by Gasteiger charge is 2.36. The maximum atomic E-state index is 13.2. The molecule has 1 saturated heterocycles. The molecule has 2 atom stereocenters. The number of anilines is 1. The van der Waals surface area contributed by atoms with Gasteiger partial charge in [-0.05, 0) is 36.8 Å². The third-order valence-corrected chi connectivity index (χ3v) is 5.49. The normalized spacial score (nSPS) is 16.9. The average Bonchev–Trinajstić information content (AvgIpc) is 3.39. The van der Waals surface area contributed by atoms with Crippen LogP contribution in [0.2, 0.25) is 0 Å². The lowest BCUT2D eigenvalue weighted by Crippen LogP contribution is -2.37. The van der Waals surface area contributed by atoms with Crippen molar-refractivity contribution in [2.24, 2.45) is 13.0 Å². The number of nitrogens with zero attached hydrogens (tertiary/aromatic N) is 3. The van der Waals surface area contributed by atoms with Gasteiger partial charge in [0.15, 0.2) is 0 Å². The smallest absolute Gasteiger partial charge is 0.227 e. The lowest BCUT2D eigenvalue weighted by molar-refractivity contribution is -0.126. The largest absolute Gasteiger partial charge is 0.494 e. The van der Waals surface area contributed by atoms with Crippen LogP contribution >= 0.6 is 0 Å². The SMILES string of the molecule is CCOc1ccc(N2C[C@@H](C(=O)N[C@@H](c3ccccc3)c3nccn3C)CC2=O)cc1. The predicted octanol–water partition coefficient (Wildman–Crippen LogP) is 3.08. The van der Waals surface area contributed by atoms with Crippen molar-refractivity contribution in [3.05, 3.63) is 78.4 Å². The van der Waals surface area contributed by atoms with E-state index in [2.05, 4.69) is 10.3 Å². The van der Waals surface area contributed by atoms with Gasteiger partial charge in [0.1, 0.15) is 17.6 Å². The summed E-state index contributed by atoms with van der Waals surface area (Å²) in [6.45, 7) is 2.86. The topological polar surface area (TPSA) is 76.5 Å². The van der Waals surface area contributed by atoms with Crippen molar-refractivity contribution < 1.29 is 14.3 Å².